The van der Waals surface area contributed by atoms with Crippen molar-refractivity contribution in [2.45, 2.75) is 26.2 Å². The molecule has 0 unspecified atom stereocenters. The fourth-order valence-corrected chi connectivity index (χ4v) is 3.61. The Labute approximate surface area is 188 Å². The van der Waals surface area contributed by atoms with Gasteiger partial charge in [0, 0.05) is 28.7 Å². The highest BCUT2D eigenvalue weighted by Gasteiger charge is 2.28. The summed E-state index contributed by atoms with van der Waals surface area (Å²) in [7, 11) is 0. The summed E-state index contributed by atoms with van der Waals surface area (Å²) in [5, 5.41) is 4.23. The molecule has 168 valence electrons. The SMILES string of the molecule is Cc1c(C(=O)NNC(=O)c2ccccc2)oc2c1/C(=N/NC(=O)c1ccc(F)cc1)CCC2. The summed E-state index contributed by atoms with van der Waals surface area (Å²) in [6, 6.07) is 13.6. The van der Waals surface area contributed by atoms with Crippen molar-refractivity contribution in [2.24, 2.45) is 5.10 Å². The average molecular weight is 448 g/mol. The van der Waals surface area contributed by atoms with Crippen molar-refractivity contribution in [1.29, 1.82) is 0 Å². The Morgan fingerprint density at radius 2 is 1.55 bits per heavy atom. The molecule has 0 fully saturated rings. The molecule has 3 aromatic rings. The Morgan fingerprint density at radius 3 is 2.27 bits per heavy atom. The van der Waals surface area contributed by atoms with Gasteiger partial charge in [-0.1, -0.05) is 18.2 Å². The summed E-state index contributed by atoms with van der Waals surface area (Å²) in [6.07, 6.45) is 1.94. The van der Waals surface area contributed by atoms with Crippen LogP contribution in [0.4, 0.5) is 4.39 Å². The van der Waals surface area contributed by atoms with Crippen LogP contribution in [0.15, 0.2) is 64.1 Å². The predicted molar refractivity (Wildman–Crippen MR) is 118 cm³/mol. The number of hydrogen-bond donors (Lipinski definition) is 3. The number of hydrazone groups is 1. The Morgan fingerprint density at radius 1 is 0.879 bits per heavy atom. The number of halogens is 1. The highest BCUT2D eigenvalue weighted by Crippen LogP contribution is 2.29. The molecule has 0 bridgehead atoms. The van der Waals surface area contributed by atoms with E-state index >= 15 is 0 Å². The maximum absolute atomic E-state index is 13.1. The molecule has 1 heterocycles. The summed E-state index contributed by atoms with van der Waals surface area (Å²) in [5.74, 6) is -1.31. The molecule has 2 aromatic carbocycles. The van der Waals surface area contributed by atoms with Gasteiger partial charge in [-0.15, -0.1) is 0 Å². The van der Waals surface area contributed by atoms with Crippen LogP contribution < -0.4 is 16.3 Å². The van der Waals surface area contributed by atoms with Crippen molar-refractivity contribution < 1.29 is 23.2 Å². The third-order valence-corrected chi connectivity index (χ3v) is 5.26. The molecule has 0 aliphatic heterocycles. The molecular weight excluding hydrogens is 427 g/mol. The van der Waals surface area contributed by atoms with Crippen molar-refractivity contribution in [3.05, 3.63) is 94.2 Å². The van der Waals surface area contributed by atoms with Crippen LogP contribution in [-0.4, -0.2) is 23.4 Å². The van der Waals surface area contributed by atoms with Crippen LogP contribution >= 0.6 is 0 Å². The van der Waals surface area contributed by atoms with Gasteiger partial charge in [0.15, 0.2) is 5.76 Å². The van der Waals surface area contributed by atoms with Gasteiger partial charge in [-0.3, -0.25) is 25.2 Å². The maximum atomic E-state index is 13.1. The minimum atomic E-state index is -0.596. The summed E-state index contributed by atoms with van der Waals surface area (Å²) in [6.45, 7) is 1.72. The molecular formula is C24H21FN4O4. The van der Waals surface area contributed by atoms with E-state index in [4.69, 9.17) is 4.42 Å². The van der Waals surface area contributed by atoms with Crippen LogP contribution in [0, 0.1) is 12.7 Å². The van der Waals surface area contributed by atoms with Crippen LogP contribution in [0.1, 0.15) is 61.0 Å². The lowest BCUT2D eigenvalue weighted by atomic mass is 9.93. The lowest BCUT2D eigenvalue weighted by Crippen LogP contribution is -2.41. The van der Waals surface area contributed by atoms with Gasteiger partial charge in [0.1, 0.15) is 11.6 Å². The molecule has 3 N–H and O–H groups in total. The maximum Gasteiger partial charge on any atom is 0.305 e. The standard InChI is InChI=1S/C24H21FN4O4/c1-14-20-18(26-27-23(31)16-10-12-17(25)13-11-16)8-5-9-19(20)33-21(14)24(32)29-28-22(30)15-6-3-2-4-7-15/h2-4,6-7,10-13H,5,8-9H2,1H3,(H,27,31)(H,28,30)(H,29,32)/b26-18+. The van der Waals surface area contributed by atoms with Gasteiger partial charge in [0.05, 0.1) is 5.71 Å². The number of nitrogens with one attached hydrogen (secondary N) is 3. The monoisotopic (exact) mass is 448 g/mol. The van der Waals surface area contributed by atoms with Crippen molar-refractivity contribution >= 4 is 23.4 Å². The number of benzene rings is 2. The van der Waals surface area contributed by atoms with Crippen LogP contribution in [0.2, 0.25) is 0 Å². The minimum absolute atomic E-state index is 0.0628. The third-order valence-electron chi connectivity index (χ3n) is 5.26. The van der Waals surface area contributed by atoms with E-state index in [1.54, 1.807) is 37.3 Å². The van der Waals surface area contributed by atoms with Crippen LogP contribution in [0.3, 0.4) is 0 Å². The van der Waals surface area contributed by atoms with Gasteiger partial charge in [-0.05, 0) is 56.2 Å². The second kappa shape index (κ2) is 9.47. The van der Waals surface area contributed by atoms with Crippen LogP contribution in [-0.2, 0) is 6.42 Å². The quantitative estimate of drug-likeness (QED) is 0.532. The smallest absolute Gasteiger partial charge is 0.305 e. The number of carbonyl (C=O) groups is 3. The molecule has 8 nitrogen and oxygen atoms in total. The number of nitrogens with zero attached hydrogens (tertiary/aromatic N) is 1. The van der Waals surface area contributed by atoms with Gasteiger partial charge < -0.3 is 4.42 Å². The zero-order valence-electron chi connectivity index (χ0n) is 17.8. The molecule has 9 heteroatoms. The fourth-order valence-electron chi connectivity index (χ4n) is 3.61. The largest absolute Gasteiger partial charge is 0.455 e. The Kier molecular flexibility index (Phi) is 6.30. The van der Waals surface area contributed by atoms with Gasteiger partial charge >= 0.3 is 5.91 Å². The number of hydrazine groups is 1. The highest BCUT2D eigenvalue weighted by atomic mass is 19.1. The number of carbonyl (C=O) groups excluding carboxylic acids is 3. The predicted octanol–water partition coefficient (Wildman–Crippen LogP) is 3.27. The summed E-state index contributed by atoms with van der Waals surface area (Å²) in [4.78, 5) is 37.1. The molecule has 1 aliphatic carbocycles. The summed E-state index contributed by atoms with van der Waals surface area (Å²) >= 11 is 0. The second-order valence-corrected chi connectivity index (χ2v) is 7.49. The molecule has 0 atom stereocenters. The van der Waals surface area contributed by atoms with E-state index < -0.39 is 23.5 Å². The fraction of sp³-hybridized carbons (Fsp3) is 0.167. The normalized spacial score (nSPS) is 13.8. The Hall–Kier alpha value is -4.27. The lowest BCUT2D eigenvalue weighted by molar-refractivity contribution is 0.0829. The van der Waals surface area contributed by atoms with E-state index in [0.717, 1.165) is 6.42 Å². The zero-order chi connectivity index (χ0) is 23.4. The molecule has 4 rings (SSSR count). The molecule has 0 saturated heterocycles. The molecule has 1 aliphatic rings. The lowest BCUT2D eigenvalue weighted by Gasteiger charge is -2.13. The first-order valence-corrected chi connectivity index (χ1v) is 10.3. The van der Waals surface area contributed by atoms with Crippen molar-refractivity contribution in [1.82, 2.24) is 16.3 Å². The van der Waals surface area contributed by atoms with E-state index in [2.05, 4.69) is 21.4 Å². The Bertz CT molecular complexity index is 1230. The summed E-state index contributed by atoms with van der Waals surface area (Å²) in [5.41, 5.74) is 9.70. The van der Waals surface area contributed by atoms with Crippen molar-refractivity contribution in [3.8, 4) is 0 Å². The topological polar surface area (TPSA) is 113 Å². The van der Waals surface area contributed by atoms with E-state index in [-0.39, 0.29) is 11.3 Å². The average Bonchev–Trinajstić information content (AvgIpc) is 3.19. The third kappa shape index (κ3) is 4.82. The summed E-state index contributed by atoms with van der Waals surface area (Å²) < 4.78 is 18.8. The van der Waals surface area contributed by atoms with Gasteiger partial charge in [-0.2, -0.15) is 5.10 Å². The van der Waals surface area contributed by atoms with Crippen LogP contribution in [0.25, 0.3) is 0 Å². The minimum Gasteiger partial charge on any atom is -0.455 e. The van der Waals surface area contributed by atoms with E-state index in [9.17, 15) is 18.8 Å². The van der Waals surface area contributed by atoms with Gasteiger partial charge in [-0.25, -0.2) is 9.82 Å². The van der Waals surface area contributed by atoms with E-state index in [0.29, 0.717) is 41.0 Å². The molecule has 1 aromatic heterocycles. The number of aryl methyl sites for hydroxylation is 1. The second-order valence-electron chi connectivity index (χ2n) is 7.49. The number of hydrogen-bond acceptors (Lipinski definition) is 5. The number of amides is 3. The molecule has 33 heavy (non-hydrogen) atoms. The Balaban J connectivity index is 1.48. The first-order chi connectivity index (χ1) is 15.9. The zero-order valence-corrected chi connectivity index (χ0v) is 17.8. The van der Waals surface area contributed by atoms with Gasteiger partial charge in [0.2, 0.25) is 0 Å². The number of fused-ring (bicyclic) bond motifs is 1. The molecule has 0 spiro atoms. The van der Waals surface area contributed by atoms with Crippen molar-refractivity contribution in [2.75, 3.05) is 0 Å². The van der Waals surface area contributed by atoms with Gasteiger partial charge in [0.25, 0.3) is 11.8 Å². The molecule has 0 saturated carbocycles. The number of rotatable bonds is 4. The first kappa shape index (κ1) is 21.9. The highest BCUT2D eigenvalue weighted by molar-refractivity contribution is 6.07. The van der Waals surface area contributed by atoms with Crippen molar-refractivity contribution in [3.63, 3.8) is 0 Å². The van der Waals surface area contributed by atoms with E-state index in [1.165, 1.54) is 24.3 Å². The van der Waals surface area contributed by atoms with Crippen LogP contribution in [0.5, 0.6) is 0 Å². The first-order valence-electron chi connectivity index (χ1n) is 10.3. The van der Waals surface area contributed by atoms with E-state index in [1.807, 2.05) is 0 Å². The number of furan rings is 1. The molecule has 3 amide bonds. The molecule has 0 radical (unpaired) electrons.